The summed E-state index contributed by atoms with van der Waals surface area (Å²) >= 11 is 0. The number of amides is 1. The van der Waals surface area contributed by atoms with E-state index in [0.29, 0.717) is 18.7 Å². The van der Waals surface area contributed by atoms with Crippen molar-refractivity contribution in [3.63, 3.8) is 0 Å². The molecule has 4 rings (SSSR count). The van der Waals surface area contributed by atoms with Crippen LogP contribution in [0.15, 0.2) is 48.5 Å². The third-order valence-corrected chi connectivity index (χ3v) is 4.93. The maximum absolute atomic E-state index is 12.6. The van der Waals surface area contributed by atoms with Crippen LogP contribution < -0.4 is 10.1 Å². The Morgan fingerprint density at radius 3 is 2.64 bits per heavy atom. The number of nitrogens with one attached hydrogen (secondary N) is 2. The number of aromatic amines is 1. The van der Waals surface area contributed by atoms with Gasteiger partial charge in [0.2, 0.25) is 5.91 Å². The highest BCUT2D eigenvalue weighted by atomic mass is 16.6. The maximum Gasteiger partial charge on any atom is 0.269 e. The number of nitro benzene ring substituents is 1. The molecule has 1 unspecified atom stereocenters. The van der Waals surface area contributed by atoms with Crippen LogP contribution in [0.5, 0.6) is 5.75 Å². The SMILES string of the molecule is COc1ccc(-c2cc(NC(=O)C3Cc4ccc([N+](=O)[O-])cc4C3)n[nH]2)cc1. The summed E-state index contributed by atoms with van der Waals surface area (Å²) in [6.07, 6.45) is 1.05. The average Bonchev–Trinajstić information content (AvgIpc) is 3.34. The second-order valence-corrected chi connectivity index (χ2v) is 6.70. The van der Waals surface area contributed by atoms with Gasteiger partial charge in [-0.1, -0.05) is 6.07 Å². The lowest BCUT2D eigenvalue weighted by molar-refractivity contribution is -0.384. The number of carbonyl (C=O) groups is 1. The lowest BCUT2D eigenvalue weighted by atomic mass is 10.1. The average molecular weight is 378 g/mol. The monoisotopic (exact) mass is 378 g/mol. The summed E-state index contributed by atoms with van der Waals surface area (Å²) in [5, 5.41) is 20.8. The number of nitrogens with zero attached hydrogens (tertiary/aromatic N) is 2. The smallest absolute Gasteiger partial charge is 0.269 e. The van der Waals surface area contributed by atoms with Crippen LogP contribution in [-0.4, -0.2) is 28.1 Å². The van der Waals surface area contributed by atoms with Crippen LogP contribution in [0.4, 0.5) is 11.5 Å². The van der Waals surface area contributed by atoms with Crippen molar-refractivity contribution in [1.82, 2.24) is 10.2 Å². The fourth-order valence-corrected chi connectivity index (χ4v) is 3.44. The normalized spacial score (nSPS) is 15.1. The van der Waals surface area contributed by atoms with Crippen LogP contribution in [0.3, 0.4) is 0 Å². The molecule has 0 aliphatic heterocycles. The van der Waals surface area contributed by atoms with E-state index in [0.717, 1.165) is 28.1 Å². The molecule has 1 aliphatic rings. The molecule has 0 saturated heterocycles. The number of benzene rings is 2. The van der Waals surface area contributed by atoms with E-state index < -0.39 is 4.92 Å². The van der Waals surface area contributed by atoms with Gasteiger partial charge in [-0.15, -0.1) is 0 Å². The molecule has 142 valence electrons. The number of H-pyrrole nitrogens is 1. The van der Waals surface area contributed by atoms with E-state index in [-0.39, 0.29) is 17.5 Å². The van der Waals surface area contributed by atoms with Gasteiger partial charge in [0.05, 0.1) is 17.7 Å². The Labute approximate surface area is 160 Å². The number of carbonyl (C=O) groups excluding carboxylic acids is 1. The number of rotatable bonds is 5. The van der Waals surface area contributed by atoms with Crippen LogP contribution in [0.1, 0.15) is 11.1 Å². The maximum atomic E-state index is 12.6. The van der Waals surface area contributed by atoms with E-state index in [9.17, 15) is 14.9 Å². The van der Waals surface area contributed by atoms with Crippen molar-refractivity contribution < 1.29 is 14.5 Å². The molecule has 1 aliphatic carbocycles. The van der Waals surface area contributed by atoms with Crippen molar-refractivity contribution >= 4 is 17.4 Å². The molecule has 3 aromatic rings. The molecule has 0 spiro atoms. The molecule has 0 saturated carbocycles. The Hall–Kier alpha value is -3.68. The summed E-state index contributed by atoms with van der Waals surface area (Å²) in [6, 6.07) is 14.0. The van der Waals surface area contributed by atoms with Crippen molar-refractivity contribution in [3.8, 4) is 17.0 Å². The van der Waals surface area contributed by atoms with E-state index in [4.69, 9.17) is 4.74 Å². The third kappa shape index (κ3) is 3.44. The number of ether oxygens (including phenoxy) is 1. The van der Waals surface area contributed by atoms with Gasteiger partial charge in [0, 0.05) is 24.1 Å². The number of fused-ring (bicyclic) bond motifs is 1. The predicted molar refractivity (Wildman–Crippen MR) is 103 cm³/mol. The first-order chi connectivity index (χ1) is 13.5. The largest absolute Gasteiger partial charge is 0.497 e. The Morgan fingerprint density at radius 2 is 1.93 bits per heavy atom. The highest BCUT2D eigenvalue weighted by Crippen LogP contribution is 2.31. The topological polar surface area (TPSA) is 110 Å². The minimum atomic E-state index is -0.419. The molecule has 8 heteroatoms. The zero-order chi connectivity index (χ0) is 19.7. The van der Waals surface area contributed by atoms with Gasteiger partial charge in [-0.2, -0.15) is 5.10 Å². The number of anilines is 1. The minimum Gasteiger partial charge on any atom is -0.497 e. The second kappa shape index (κ2) is 7.15. The van der Waals surface area contributed by atoms with E-state index in [2.05, 4.69) is 15.5 Å². The van der Waals surface area contributed by atoms with Crippen LogP contribution >= 0.6 is 0 Å². The zero-order valence-corrected chi connectivity index (χ0v) is 15.1. The highest BCUT2D eigenvalue weighted by molar-refractivity contribution is 5.93. The lowest BCUT2D eigenvalue weighted by Gasteiger charge is -2.07. The molecular weight excluding hydrogens is 360 g/mol. The molecule has 28 heavy (non-hydrogen) atoms. The highest BCUT2D eigenvalue weighted by Gasteiger charge is 2.29. The van der Waals surface area contributed by atoms with Crippen molar-refractivity contribution in [3.05, 3.63) is 69.8 Å². The van der Waals surface area contributed by atoms with Gasteiger partial charge < -0.3 is 10.1 Å². The molecule has 0 fully saturated rings. The molecular formula is C20H18N4O4. The Balaban J connectivity index is 1.43. The van der Waals surface area contributed by atoms with Crippen LogP contribution in [0.2, 0.25) is 0 Å². The molecule has 2 N–H and O–H groups in total. The number of hydrogen-bond acceptors (Lipinski definition) is 5. The van der Waals surface area contributed by atoms with Gasteiger partial charge in [0.1, 0.15) is 5.75 Å². The molecule has 1 amide bonds. The summed E-state index contributed by atoms with van der Waals surface area (Å²) in [6.45, 7) is 0. The first-order valence-electron chi connectivity index (χ1n) is 8.80. The number of aromatic nitrogens is 2. The van der Waals surface area contributed by atoms with Gasteiger partial charge in [0.25, 0.3) is 5.69 Å². The fraction of sp³-hybridized carbons (Fsp3) is 0.200. The van der Waals surface area contributed by atoms with E-state index >= 15 is 0 Å². The Kier molecular flexibility index (Phi) is 4.52. The van der Waals surface area contributed by atoms with Crippen LogP contribution in [0, 0.1) is 16.0 Å². The van der Waals surface area contributed by atoms with Gasteiger partial charge >= 0.3 is 0 Å². The van der Waals surface area contributed by atoms with Gasteiger partial charge in [-0.3, -0.25) is 20.0 Å². The third-order valence-electron chi connectivity index (χ3n) is 4.93. The van der Waals surface area contributed by atoms with Crippen LogP contribution in [0.25, 0.3) is 11.3 Å². The van der Waals surface area contributed by atoms with Gasteiger partial charge in [-0.25, -0.2) is 0 Å². The Bertz CT molecular complexity index is 1040. The first kappa shape index (κ1) is 17.7. The fourth-order valence-electron chi connectivity index (χ4n) is 3.44. The van der Waals surface area contributed by atoms with Crippen molar-refractivity contribution in [2.75, 3.05) is 12.4 Å². The standard InChI is InChI=1S/C20H18N4O4/c1-28-17-6-3-12(4-7-17)18-11-19(23-22-18)21-20(25)15-8-13-2-5-16(24(26)27)10-14(13)9-15/h2-7,10-11,15H,8-9H2,1H3,(H2,21,22,23,25). The molecule has 1 atom stereocenters. The molecule has 0 bridgehead atoms. The molecule has 8 nitrogen and oxygen atoms in total. The number of nitro groups is 1. The number of methoxy groups -OCH3 is 1. The minimum absolute atomic E-state index is 0.0521. The van der Waals surface area contributed by atoms with Gasteiger partial charge in [-0.05, 0) is 53.8 Å². The van der Waals surface area contributed by atoms with E-state index in [1.54, 1.807) is 25.3 Å². The van der Waals surface area contributed by atoms with Crippen molar-refractivity contribution in [1.29, 1.82) is 0 Å². The number of non-ortho nitro benzene ring substituents is 1. The summed E-state index contributed by atoms with van der Waals surface area (Å²) in [7, 11) is 1.61. The van der Waals surface area contributed by atoms with Crippen molar-refractivity contribution in [2.45, 2.75) is 12.8 Å². The number of hydrogen-bond donors (Lipinski definition) is 2. The van der Waals surface area contributed by atoms with Crippen molar-refractivity contribution in [2.24, 2.45) is 5.92 Å². The summed E-state index contributed by atoms with van der Waals surface area (Å²) in [5.41, 5.74) is 3.59. The quantitative estimate of drug-likeness (QED) is 0.523. The Morgan fingerprint density at radius 1 is 1.18 bits per heavy atom. The summed E-state index contributed by atoms with van der Waals surface area (Å²) in [4.78, 5) is 23.1. The van der Waals surface area contributed by atoms with E-state index in [1.165, 1.54) is 6.07 Å². The first-order valence-corrected chi connectivity index (χ1v) is 8.80. The zero-order valence-electron chi connectivity index (χ0n) is 15.1. The summed E-state index contributed by atoms with van der Waals surface area (Å²) < 4.78 is 5.15. The van der Waals surface area contributed by atoms with Crippen LogP contribution in [-0.2, 0) is 17.6 Å². The molecule has 0 radical (unpaired) electrons. The second-order valence-electron chi connectivity index (χ2n) is 6.70. The molecule has 2 aromatic carbocycles. The lowest BCUT2D eigenvalue weighted by Crippen LogP contribution is -2.23. The summed E-state index contributed by atoms with van der Waals surface area (Å²) in [5.74, 6) is 0.792. The molecule has 1 aromatic heterocycles. The van der Waals surface area contributed by atoms with E-state index in [1.807, 2.05) is 24.3 Å². The molecule has 1 heterocycles. The van der Waals surface area contributed by atoms with Gasteiger partial charge in [0.15, 0.2) is 5.82 Å². The predicted octanol–water partition coefficient (Wildman–Crippen LogP) is 3.35.